The number of amides is 1. The molecule has 0 spiro atoms. The second-order valence-corrected chi connectivity index (χ2v) is 7.21. The van der Waals surface area contributed by atoms with Crippen LogP contribution >= 0.6 is 15.9 Å². The first-order chi connectivity index (χ1) is 11.6. The summed E-state index contributed by atoms with van der Waals surface area (Å²) in [5.41, 5.74) is 4.51. The molecular formula is C20H19BrN2O. The molecular weight excluding hydrogens is 364 g/mol. The molecule has 3 aromatic rings. The summed E-state index contributed by atoms with van der Waals surface area (Å²) < 4.78 is 2.83. The SMILES string of the molecule is Cn1c(C(=O)NC2CCc3ccccc3C2)c(Br)c2ccccc21. The quantitative estimate of drug-likeness (QED) is 0.706. The molecule has 1 amide bonds. The van der Waals surface area contributed by atoms with Gasteiger partial charge in [-0.1, -0.05) is 42.5 Å². The summed E-state index contributed by atoms with van der Waals surface area (Å²) in [6.07, 6.45) is 2.92. The second-order valence-electron chi connectivity index (χ2n) is 6.42. The number of hydrogen-bond donors (Lipinski definition) is 1. The van der Waals surface area contributed by atoms with E-state index in [1.807, 2.05) is 35.9 Å². The summed E-state index contributed by atoms with van der Waals surface area (Å²) in [5, 5.41) is 4.30. The molecule has 1 unspecified atom stereocenters. The molecule has 4 rings (SSSR count). The van der Waals surface area contributed by atoms with Gasteiger partial charge in [-0.25, -0.2) is 0 Å². The number of nitrogens with one attached hydrogen (secondary N) is 1. The predicted molar refractivity (Wildman–Crippen MR) is 100 cm³/mol. The lowest BCUT2D eigenvalue weighted by molar-refractivity contribution is 0.0925. The van der Waals surface area contributed by atoms with E-state index < -0.39 is 0 Å². The van der Waals surface area contributed by atoms with E-state index in [0.717, 1.165) is 34.6 Å². The summed E-state index contributed by atoms with van der Waals surface area (Å²) in [6, 6.07) is 16.8. The van der Waals surface area contributed by atoms with Crippen molar-refractivity contribution in [1.29, 1.82) is 0 Å². The number of carbonyl (C=O) groups is 1. The highest BCUT2D eigenvalue weighted by Gasteiger charge is 2.24. The number of para-hydroxylation sites is 1. The topological polar surface area (TPSA) is 34.0 Å². The molecule has 0 saturated carbocycles. The van der Waals surface area contributed by atoms with Gasteiger partial charge in [0.1, 0.15) is 5.69 Å². The van der Waals surface area contributed by atoms with Crippen molar-refractivity contribution in [2.75, 3.05) is 0 Å². The molecule has 3 nitrogen and oxygen atoms in total. The van der Waals surface area contributed by atoms with E-state index in [1.54, 1.807) is 0 Å². The van der Waals surface area contributed by atoms with Gasteiger partial charge >= 0.3 is 0 Å². The number of carbonyl (C=O) groups excluding carboxylic acids is 1. The molecule has 1 aromatic heterocycles. The summed E-state index contributed by atoms with van der Waals surface area (Å²) in [6.45, 7) is 0. The number of rotatable bonds is 2. The van der Waals surface area contributed by atoms with Crippen LogP contribution in [0.2, 0.25) is 0 Å². The maximum Gasteiger partial charge on any atom is 0.269 e. The van der Waals surface area contributed by atoms with E-state index in [1.165, 1.54) is 11.1 Å². The molecule has 2 aromatic carbocycles. The van der Waals surface area contributed by atoms with Crippen molar-refractivity contribution >= 4 is 32.7 Å². The Morgan fingerprint density at radius 1 is 1.12 bits per heavy atom. The molecule has 0 aliphatic heterocycles. The van der Waals surface area contributed by atoms with Crippen LogP contribution in [0.25, 0.3) is 10.9 Å². The molecule has 1 aliphatic carbocycles. The maximum absolute atomic E-state index is 12.9. The molecule has 1 N–H and O–H groups in total. The van der Waals surface area contributed by atoms with Crippen molar-refractivity contribution in [3.05, 3.63) is 69.8 Å². The van der Waals surface area contributed by atoms with Gasteiger partial charge in [0.05, 0.1) is 4.47 Å². The van der Waals surface area contributed by atoms with Gasteiger partial charge in [-0.05, 0) is 52.4 Å². The molecule has 1 heterocycles. The van der Waals surface area contributed by atoms with Crippen LogP contribution in [-0.2, 0) is 19.9 Å². The molecule has 122 valence electrons. The Labute approximate surface area is 149 Å². The Bertz CT molecular complexity index is 890. The van der Waals surface area contributed by atoms with E-state index in [9.17, 15) is 4.79 Å². The highest BCUT2D eigenvalue weighted by Crippen LogP contribution is 2.30. The summed E-state index contributed by atoms with van der Waals surface area (Å²) in [4.78, 5) is 12.9. The third kappa shape index (κ3) is 2.55. The van der Waals surface area contributed by atoms with Gasteiger partial charge in [0.2, 0.25) is 0 Å². The van der Waals surface area contributed by atoms with Crippen LogP contribution in [-0.4, -0.2) is 16.5 Å². The number of aromatic nitrogens is 1. The first-order valence-corrected chi connectivity index (χ1v) is 9.05. The third-order valence-electron chi connectivity index (χ3n) is 4.94. The van der Waals surface area contributed by atoms with Gasteiger partial charge < -0.3 is 9.88 Å². The summed E-state index contributed by atoms with van der Waals surface area (Å²) >= 11 is 3.61. The molecule has 1 aliphatic rings. The zero-order chi connectivity index (χ0) is 16.7. The standard InChI is InChI=1S/C20H19BrN2O/c1-23-17-9-5-4-8-16(17)18(21)19(23)20(24)22-15-11-10-13-6-2-3-7-14(13)12-15/h2-9,15H,10-12H2,1H3,(H,22,24). The van der Waals surface area contributed by atoms with Crippen molar-refractivity contribution in [2.45, 2.75) is 25.3 Å². The van der Waals surface area contributed by atoms with Crippen LogP contribution in [0, 0.1) is 0 Å². The van der Waals surface area contributed by atoms with Crippen LogP contribution < -0.4 is 5.32 Å². The number of benzene rings is 2. The minimum Gasteiger partial charge on any atom is -0.348 e. The van der Waals surface area contributed by atoms with Crippen LogP contribution in [0.3, 0.4) is 0 Å². The van der Waals surface area contributed by atoms with Gasteiger partial charge in [0, 0.05) is 24.0 Å². The van der Waals surface area contributed by atoms with E-state index >= 15 is 0 Å². The smallest absolute Gasteiger partial charge is 0.269 e. The van der Waals surface area contributed by atoms with Crippen LogP contribution in [0.4, 0.5) is 0 Å². The fourth-order valence-corrected chi connectivity index (χ4v) is 4.46. The monoisotopic (exact) mass is 382 g/mol. The fourth-order valence-electron chi connectivity index (χ4n) is 3.67. The van der Waals surface area contributed by atoms with Crippen molar-refractivity contribution in [3.8, 4) is 0 Å². The van der Waals surface area contributed by atoms with Crippen molar-refractivity contribution in [1.82, 2.24) is 9.88 Å². The number of fused-ring (bicyclic) bond motifs is 2. The molecule has 0 radical (unpaired) electrons. The van der Waals surface area contributed by atoms with Gasteiger partial charge in [-0.2, -0.15) is 0 Å². The molecule has 4 heteroatoms. The van der Waals surface area contributed by atoms with E-state index in [-0.39, 0.29) is 11.9 Å². The molecule has 0 bridgehead atoms. The lowest BCUT2D eigenvalue weighted by atomic mass is 9.88. The minimum atomic E-state index is -0.00930. The first kappa shape index (κ1) is 15.5. The summed E-state index contributed by atoms with van der Waals surface area (Å²) in [5.74, 6) is -0.00930. The third-order valence-corrected chi connectivity index (χ3v) is 5.75. The van der Waals surface area contributed by atoms with Crippen LogP contribution in [0.1, 0.15) is 28.0 Å². The zero-order valence-corrected chi connectivity index (χ0v) is 15.1. The summed E-state index contributed by atoms with van der Waals surface area (Å²) in [7, 11) is 1.94. The van der Waals surface area contributed by atoms with Gasteiger partial charge in [-0.3, -0.25) is 4.79 Å². The number of hydrogen-bond acceptors (Lipinski definition) is 1. The Balaban J connectivity index is 1.60. The number of nitrogens with zero attached hydrogens (tertiary/aromatic N) is 1. The molecule has 0 saturated heterocycles. The Morgan fingerprint density at radius 3 is 2.62 bits per heavy atom. The van der Waals surface area contributed by atoms with Gasteiger partial charge in [0.15, 0.2) is 0 Å². The second kappa shape index (κ2) is 6.10. The average Bonchev–Trinajstić information content (AvgIpc) is 2.86. The Kier molecular flexibility index (Phi) is 3.93. The highest BCUT2D eigenvalue weighted by molar-refractivity contribution is 9.10. The van der Waals surface area contributed by atoms with E-state index in [4.69, 9.17) is 0 Å². The zero-order valence-electron chi connectivity index (χ0n) is 13.6. The molecule has 0 fully saturated rings. The molecule has 1 atom stereocenters. The predicted octanol–water partition coefficient (Wildman–Crippen LogP) is 4.23. The Morgan fingerprint density at radius 2 is 1.83 bits per heavy atom. The van der Waals surface area contributed by atoms with Gasteiger partial charge in [-0.15, -0.1) is 0 Å². The van der Waals surface area contributed by atoms with E-state index in [2.05, 4.69) is 45.5 Å². The first-order valence-electron chi connectivity index (χ1n) is 8.25. The van der Waals surface area contributed by atoms with Gasteiger partial charge in [0.25, 0.3) is 5.91 Å². The Hall–Kier alpha value is -2.07. The largest absolute Gasteiger partial charge is 0.348 e. The minimum absolute atomic E-state index is 0.00930. The average molecular weight is 383 g/mol. The lowest BCUT2D eigenvalue weighted by Crippen LogP contribution is -2.39. The lowest BCUT2D eigenvalue weighted by Gasteiger charge is -2.25. The van der Waals surface area contributed by atoms with Crippen LogP contribution in [0.15, 0.2) is 53.0 Å². The normalized spacial score (nSPS) is 16.8. The van der Waals surface area contributed by atoms with Crippen molar-refractivity contribution in [2.24, 2.45) is 7.05 Å². The van der Waals surface area contributed by atoms with E-state index in [0.29, 0.717) is 5.69 Å². The maximum atomic E-state index is 12.9. The number of halogens is 1. The highest BCUT2D eigenvalue weighted by atomic mass is 79.9. The van der Waals surface area contributed by atoms with Crippen LogP contribution in [0.5, 0.6) is 0 Å². The van der Waals surface area contributed by atoms with Crippen molar-refractivity contribution in [3.63, 3.8) is 0 Å². The molecule has 24 heavy (non-hydrogen) atoms. The fraction of sp³-hybridized carbons (Fsp3) is 0.250. The number of aryl methyl sites for hydroxylation is 2. The van der Waals surface area contributed by atoms with Crippen molar-refractivity contribution < 1.29 is 4.79 Å².